The summed E-state index contributed by atoms with van der Waals surface area (Å²) in [6, 6.07) is 2.31. The quantitative estimate of drug-likeness (QED) is 0.256. The Kier molecular flexibility index (Phi) is 4.71. The van der Waals surface area contributed by atoms with Crippen molar-refractivity contribution in [2.75, 3.05) is 5.32 Å². The van der Waals surface area contributed by atoms with Crippen LogP contribution in [0.3, 0.4) is 0 Å². The molecule has 104 valence electrons. The number of hydrogen-bond acceptors (Lipinski definition) is 2. The number of nitrogens with one attached hydrogen (secondary N) is 2. The van der Waals surface area contributed by atoms with Gasteiger partial charge in [-0.1, -0.05) is 12.8 Å². The van der Waals surface area contributed by atoms with Gasteiger partial charge >= 0.3 is 0 Å². The molecule has 0 amide bonds. The van der Waals surface area contributed by atoms with Crippen LogP contribution in [0.25, 0.3) is 0 Å². The van der Waals surface area contributed by atoms with E-state index in [2.05, 4.69) is 31.7 Å². The van der Waals surface area contributed by atoms with Crippen molar-refractivity contribution in [1.29, 1.82) is 0 Å². The van der Waals surface area contributed by atoms with Gasteiger partial charge in [0, 0.05) is 6.07 Å². The normalized spacial score (nSPS) is 16.7. The largest absolute Gasteiger partial charge is 0.323 e. The van der Waals surface area contributed by atoms with Crippen molar-refractivity contribution in [1.82, 2.24) is 5.43 Å². The van der Waals surface area contributed by atoms with Crippen LogP contribution in [0, 0.1) is 11.6 Å². The minimum absolute atomic E-state index is 0.114. The lowest BCUT2D eigenvalue weighted by atomic mass is 10.3. The second-order valence-corrected chi connectivity index (χ2v) is 5.29. The summed E-state index contributed by atoms with van der Waals surface area (Å²) >= 11 is 3.01. The molecule has 4 nitrogen and oxygen atoms in total. The van der Waals surface area contributed by atoms with Crippen molar-refractivity contribution >= 4 is 27.6 Å². The van der Waals surface area contributed by atoms with Crippen molar-refractivity contribution in [2.24, 2.45) is 10.8 Å². The third kappa shape index (κ3) is 3.63. The molecular formula is C12H15BrF2N4. The molecule has 0 aliphatic heterocycles. The topological polar surface area (TPSA) is 62.4 Å². The molecule has 0 unspecified atom stereocenters. The zero-order valence-electron chi connectivity index (χ0n) is 10.2. The van der Waals surface area contributed by atoms with Gasteiger partial charge in [-0.05, 0) is 34.8 Å². The lowest BCUT2D eigenvalue weighted by molar-refractivity contribution is 0.581. The van der Waals surface area contributed by atoms with E-state index < -0.39 is 11.6 Å². The van der Waals surface area contributed by atoms with Gasteiger partial charge in [0.25, 0.3) is 0 Å². The van der Waals surface area contributed by atoms with Crippen LogP contribution in [0.1, 0.15) is 25.7 Å². The Morgan fingerprint density at radius 2 is 1.95 bits per heavy atom. The lowest BCUT2D eigenvalue weighted by Crippen LogP contribution is -2.37. The predicted molar refractivity (Wildman–Crippen MR) is 74.7 cm³/mol. The number of rotatable bonds is 2. The molecule has 2 rings (SSSR count). The summed E-state index contributed by atoms with van der Waals surface area (Å²) in [5.41, 5.74) is 2.52. The highest BCUT2D eigenvalue weighted by Gasteiger charge is 2.15. The minimum Gasteiger partial charge on any atom is -0.323 e. The van der Waals surface area contributed by atoms with E-state index in [0.29, 0.717) is 0 Å². The van der Waals surface area contributed by atoms with Crippen molar-refractivity contribution in [3.05, 3.63) is 28.2 Å². The summed E-state index contributed by atoms with van der Waals surface area (Å²) in [4.78, 5) is 4.38. The van der Waals surface area contributed by atoms with Crippen LogP contribution < -0.4 is 16.6 Å². The van der Waals surface area contributed by atoms with E-state index in [9.17, 15) is 8.78 Å². The Balaban J connectivity index is 2.15. The van der Waals surface area contributed by atoms with Crippen LogP contribution in [0.2, 0.25) is 0 Å². The summed E-state index contributed by atoms with van der Waals surface area (Å²) in [5, 5.41) is 2.73. The molecule has 1 fully saturated rings. The lowest BCUT2D eigenvalue weighted by Gasteiger charge is -2.12. The smallest absolute Gasteiger partial charge is 0.210 e. The second-order valence-electron chi connectivity index (χ2n) is 4.43. The molecule has 0 saturated heterocycles. The highest BCUT2D eigenvalue weighted by Crippen LogP contribution is 2.24. The van der Waals surface area contributed by atoms with Crippen molar-refractivity contribution in [3.63, 3.8) is 0 Å². The average molecular weight is 333 g/mol. The van der Waals surface area contributed by atoms with E-state index in [4.69, 9.17) is 5.84 Å². The molecule has 0 atom stereocenters. The molecule has 7 heteroatoms. The maximum absolute atomic E-state index is 13.6. The molecule has 4 N–H and O–H groups in total. The van der Waals surface area contributed by atoms with E-state index in [1.165, 1.54) is 6.07 Å². The molecule has 0 bridgehead atoms. The number of halogens is 3. The van der Waals surface area contributed by atoms with Gasteiger partial charge in [0.05, 0.1) is 16.2 Å². The molecule has 1 aliphatic carbocycles. The summed E-state index contributed by atoms with van der Waals surface area (Å²) in [5.74, 6) is 4.29. The van der Waals surface area contributed by atoms with Crippen LogP contribution in [0.4, 0.5) is 14.5 Å². The molecule has 1 saturated carbocycles. The fraction of sp³-hybridized carbons (Fsp3) is 0.417. The van der Waals surface area contributed by atoms with E-state index in [1.54, 1.807) is 0 Å². The Labute approximate surface area is 118 Å². The molecule has 0 spiro atoms. The van der Waals surface area contributed by atoms with Gasteiger partial charge in [0.2, 0.25) is 5.96 Å². The Morgan fingerprint density at radius 1 is 1.26 bits per heavy atom. The maximum atomic E-state index is 13.6. The number of nitrogens with two attached hydrogens (primary N) is 1. The molecule has 1 aromatic rings. The predicted octanol–water partition coefficient (Wildman–Crippen LogP) is 2.90. The number of benzene rings is 1. The zero-order valence-corrected chi connectivity index (χ0v) is 11.8. The zero-order chi connectivity index (χ0) is 13.8. The maximum Gasteiger partial charge on any atom is 0.210 e. The van der Waals surface area contributed by atoms with E-state index in [-0.39, 0.29) is 22.2 Å². The molecule has 0 aromatic heterocycles. The van der Waals surface area contributed by atoms with Crippen LogP contribution in [-0.4, -0.2) is 12.0 Å². The van der Waals surface area contributed by atoms with Crippen LogP contribution in [-0.2, 0) is 0 Å². The molecule has 1 aromatic carbocycles. The first-order valence-electron chi connectivity index (χ1n) is 6.06. The first-order chi connectivity index (χ1) is 9.10. The standard InChI is InChI=1S/C12H15BrF2N4/c13-8-5-11(10(15)6-9(8)14)18-12(19-16)17-7-3-1-2-4-7/h5-7H,1-4,16H2,(H2,17,18,19). The Hall–Kier alpha value is -1.21. The summed E-state index contributed by atoms with van der Waals surface area (Å²) in [7, 11) is 0. The summed E-state index contributed by atoms with van der Waals surface area (Å²) < 4.78 is 26.9. The van der Waals surface area contributed by atoms with E-state index in [1.807, 2.05) is 0 Å². The average Bonchev–Trinajstić information content (AvgIpc) is 2.87. The van der Waals surface area contributed by atoms with Gasteiger partial charge in [0.1, 0.15) is 11.6 Å². The highest BCUT2D eigenvalue weighted by atomic mass is 79.9. The number of guanidine groups is 1. The van der Waals surface area contributed by atoms with Gasteiger partial charge in [-0.2, -0.15) is 0 Å². The molecule has 1 aliphatic rings. The number of nitrogens with zero attached hydrogens (tertiary/aromatic N) is 1. The number of hydrogen-bond donors (Lipinski definition) is 3. The Morgan fingerprint density at radius 3 is 2.58 bits per heavy atom. The van der Waals surface area contributed by atoms with Gasteiger partial charge in [0.15, 0.2) is 0 Å². The minimum atomic E-state index is -0.699. The molecule has 19 heavy (non-hydrogen) atoms. The summed E-state index contributed by atoms with van der Waals surface area (Å²) in [6.07, 6.45) is 4.29. The first-order valence-corrected chi connectivity index (χ1v) is 6.85. The fourth-order valence-corrected chi connectivity index (χ4v) is 2.41. The number of aliphatic imine (C=N–C) groups is 1. The molecule has 0 radical (unpaired) electrons. The van der Waals surface area contributed by atoms with Gasteiger partial charge in [-0.15, -0.1) is 0 Å². The SMILES string of the molecule is NNC(=NC1CCCC1)Nc1cc(Br)c(F)cc1F. The van der Waals surface area contributed by atoms with Crippen molar-refractivity contribution < 1.29 is 8.78 Å². The van der Waals surface area contributed by atoms with Crippen molar-refractivity contribution in [3.8, 4) is 0 Å². The van der Waals surface area contributed by atoms with Gasteiger partial charge in [-0.25, -0.2) is 19.6 Å². The summed E-state index contributed by atoms with van der Waals surface area (Å²) in [6.45, 7) is 0. The monoisotopic (exact) mass is 332 g/mol. The third-order valence-corrected chi connectivity index (χ3v) is 3.64. The van der Waals surface area contributed by atoms with E-state index in [0.717, 1.165) is 31.7 Å². The van der Waals surface area contributed by atoms with Crippen LogP contribution >= 0.6 is 15.9 Å². The third-order valence-electron chi connectivity index (χ3n) is 3.04. The van der Waals surface area contributed by atoms with E-state index >= 15 is 0 Å². The first kappa shape index (κ1) is 14.2. The number of anilines is 1. The molecular weight excluding hydrogens is 318 g/mol. The Bertz CT molecular complexity index is 487. The van der Waals surface area contributed by atoms with Gasteiger partial charge in [-0.3, -0.25) is 5.43 Å². The van der Waals surface area contributed by atoms with Crippen LogP contribution in [0.5, 0.6) is 0 Å². The van der Waals surface area contributed by atoms with Crippen molar-refractivity contribution in [2.45, 2.75) is 31.7 Å². The van der Waals surface area contributed by atoms with Crippen LogP contribution in [0.15, 0.2) is 21.6 Å². The number of hydrazine groups is 1. The highest BCUT2D eigenvalue weighted by molar-refractivity contribution is 9.10. The molecule has 0 heterocycles. The fourth-order valence-electron chi connectivity index (χ4n) is 2.07. The second kappa shape index (κ2) is 6.29. The van der Waals surface area contributed by atoms with Gasteiger partial charge < -0.3 is 5.32 Å².